The third kappa shape index (κ3) is 6.23. The highest BCUT2D eigenvalue weighted by Gasteiger charge is 2.28. The van der Waals surface area contributed by atoms with Crippen molar-refractivity contribution < 1.29 is 27.5 Å². The van der Waals surface area contributed by atoms with Gasteiger partial charge in [-0.2, -0.15) is 0 Å². The summed E-state index contributed by atoms with van der Waals surface area (Å²) in [5, 5.41) is 0. The topological polar surface area (TPSA) is 102 Å². The number of hydrogen-bond acceptors (Lipinski definition) is 6. The van der Waals surface area contributed by atoms with Crippen molar-refractivity contribution in [3.8, 4) is 5.75 Å². The van der Waals surface area contributed by atoms with Crippen LogP contribution < -0.4 is 9.46 Å². The van der Waals surface area contributed by atoms with Gasteiger partial charge in [0.15, 0.2) is 6.61 Å². The van der Waals surface area contributed by atoms with Gasteiger partial charge in [0.05, 0.1) is 17.4 Å². The third-order valence-electron chi connectivity index (χ3n) is 5.27. The fourth-order valence-electron chi connectivity index (χ4n) is 3.41. The smallest absolute Gasteiger partial charge is 0.309 e. The Morgan fingerprint density at radius 1 is 1.03 bits per heavy atom. The van der Waals surface area contributed by atoms with Crippen molar-refractivity contribution in [3.05, 3.63) is 54.1 Å². The molecular weight excluding hydrogens is 432 g/mol. The number of ether oxygens (including phenoxy) is 2. The number of nitrogens with one attached hydrogen (secondary N) is 1. The van der Waals surface area contributed by atoms with Gasteiger partial charge in [-0.05, 0) is 63.1 Å². The average molecular weight is 461 g/mol. The number of piperidine rings is 1. The van der Waals surface area contributed by atoms with Crippen LogP contribution in [0.25, 0.3) is 0 Å². The lowest BCUT2D eigenvalue weighted by Crippen LogP contribution is -2.42. The summed E-state index contributed by atoms with van der Waals surface area (Å²) < 4.78 is 38.2. The molecule has 1 aliphatic rings. The summed E-state index contributed by atoms with van der Waals surface area (Å²) in [5.41, 5.74) is 1.51. The van der Waals surface area contributed by atoms with E-state index in [4.69, 9.17) is 9.47 Å². The van der Waals surface area contributed by atoms with Crippen LogP contribution in [-0.4, -0.2) is 51.5 Å². The van der Waals surface area contributed by atoms with Crippen LogP contribution in [-0.2, 0) is 24.3 Å². The Bertz CT molecular complexity index is 1030. The van der Waals surface area contributed by atoms with E-state index in [2.05, 4.69) is 4.72 Å². The van der Waals surface area contributed by atoms with Gasteiger partial charge in [-0.15, -0.1) is 0 Å². The van der Waals surface area contributed by atoms with E-state index in [-0.39, 0.29) is 29.3 Å². The third-order valence-corrected chi connectivity index (χ3v) is 6.66. The predicted molar refractivity (Wildman–Crippen MR) is 120 cm³/mol. The number of likely N-dealkylation sites (tertiary alicyclic amines) is 1. The average Bonchev–Trinajstić information content (AvgIpc) is 2.79. The van der Waals surface area contributed by atoms with Gasteiger partial charge in [-0.1, -0.05) is 17.7 Å². The number of aryl methyl sites for hydroxylation is 1. The highest BCUT2D eigenvalue weighted by Crippen LogP contribution is 2.21. The minimum absolute atomic E-state index is 0.0952. The normalized spacial score (nSPS) is 14.6. The van der Waals surface area contributed by atoms with Crippen molar-refractivity contribution in [3.63, 3.8) is 0 Å². The molecule has 0 unspecified atom stereocenters. The molecule has 1 heterocycles. The molecule has 0 atom stereocenters. The van der Waals surface area contributed by atoms with Gasteiger partial charge in [0, 0.05) is 18.8 Å². The van der Waals surface area contributed by atoms with E-state index in [1.807, 2.05) is 19.1 Å². The van der Waals surface area contributed by atoms with Crippen molar-refractivity contribution in [2.24, 2.45) is 5.92 Å². The molecule has 1 saturated heterocycles. The van der Waals surface area contributed by atoms with Crippen molar-refractivity contribution in [1.82, 2.24) is 4.90 Å². The number of benzene rings is 2. The Kier molecular flexibility index (Phi) is 7.74. The lowest BCUT2D eigenvalue weighted by molar-refractivity contribution is -0.151. The molecule has 9 heteroatoms. The molecule has 32 heavy (non-hydrogen) atoms. The second kappa shape index (κ2) is 10.5. The quantitative estimate of drug-likeness (QED) is 0.608. The molecule has 8 nitrogen and oxygen atoms in total. The van der Waals surface area contributed by atoms with Crippen molar-refractivity contribution in [2.75, 3.05) is 31.0 Å². The second-order valence-corrected chi connectivity index (χ2v) is 9.32. The summed E-state index contributed by atoms with van der Waals surface area (Å²) in [6, 6.07) is 12.9. The molecule has 2 aromatic rings. The minimum Gasteiger partial charge on any atom is -0.484 e. The molecule has 172 valence electrons. The molecule has 1 amide bonds. The largest absolute Gasteiger partial charge is 0.484 e. The first-order chi connectivity index (χ1) is 15.3. The molecule has 1 aliphatic heterocycles. The number of carbonyl (C=O) groups excluding carboxylic acids is 2. The lowest BCUT2D eigenvalue weighted by Gasteiger charge is -2.30. The van der Waals surface area contributed by atoms with Crippen LogP contribution in [0.15, 0.2) is 53.4 Å². The monoisotopic (exact) mass is 460 g/mol. The van der Waals surface area contributed by atoms with Crippen molar-refractivity contribution in [1.29, 1.82) is 0 Å². The summed E-state index contributed by atoms with van der Waals surface area (Å²) in [6.07, 6.45) is 1.15. The van der Waals surface area contributed by atoms with Crippen LogP contribution in [0, 0.1) is 12.8 Å². The zero-order chi connectivity index (χ0) is 23.1. The zero-order valence-corrected chi connectivity index (χ0v) is 19.1. The van der Waals surface area contributed by atoms with Crippen LogP contribution in [0.3, 0.4) is 0 Å². The number of hydrogen-bond donors (Lipinski definition) is 1. The molecule has 0 saturated carbocycles. The van der Waals surface area contributed by atoms with Crippen LogP contribution in [0.5, 0.6) is 5.75 Å². The molecule has 3 rings (SSSR count). The van der Waals surface area contributed by atoms with E-state index in [1.165, 1.54) is 24.3 Å². The first-order valence-corrected chi connectivity index (χ1v) is 12.0. The van der Waals surface area contributed by atoms with Crippen molar-refractivity contribution >= 4 is 27.6 Å². The summed E-state index contributed by atoms with van der Waals surface area (Å²) in [6.45, 7) is 4.86. The Balaban J connectivity index is 1.50. The Morgan fingerprint density at radius 3 is 2.25 bits per heavy atom. The first kappa shape index (κ1) is 23.6. The van der Waals surface area contributed by atoms with E-state index >= 15 is 0 Å². The van der Waals surface area contributed by atoms with Gasteiger partial charge in [-0.3, -0.25) is 14.3 Å². The molecule has 0 bridgehead atoms. The molecule has 0 aliphatic carbocycles. The number of amides is 1. The second-order valence-electron chi connectivity index (χ2n) is 7.64. The maximum Gasteiger partial charge on any atom is 0.309 e. The molecular formula is C23H28N2O6S. The van der Waals surface area contributed by atoms with Gasteiger partial charge < -0.3 is 14.4 Å². The summed E-state index contributed by atoms with van der Waals surface area (Å²) in [4.78, 5) is 26.0. The first-order valence-electron chi connectivity index (χ1n) is 10.6. The fourth-order valence-corrected chi connectivity index (χ4v) is 4.47. The van der Waals surface area contributed by atoms with Gasteiger partial charge in [0.1, 0.15) is 5.75 Å². The van der Waals surface area contributed by atoms with E-state index in [0.29, 0.717) is 44.0 Å². The molecule has 1 fully saturated rings. The number of esters is 1. The highest BCUT2D eigenvalue weighted by atomic mass is 32.2. The van der Waals surface area contributed by atoms with Gasteiger partial charge >= 0.3 is 5.97 Å². The molecule has 1 N–H and O–H groups in total. The van der Waals surface area contributed by atoms with E-state index in [9.17, 15) is 18.0 Å². The van der Waals surface area contributed by atoms with Crippen LogP contribution in [0.1, 0.15) is 25.3 Å². The van der Waals surface area contributed by atoms with Gasteiger partial charge in [0.2, 0.25) is 0 Å². The Labute approximate surface area is 188 Å². The maximum absolute atomic E-state index is 12.5. The molecule has 0 radical (unpaired) electrons. The summed E-state index contributed by atoms with van der Waals surface area (Å²) in [5.74, 6) is -0.148. The maximum atomic E-state index is 12.5. The zero-order valence-electron chi connectivity index (χ0n) is 18.2. The summed E-state index contributed by atoms with van der Waals surface area (Å²) in [7, 11) is -3.73. The van der Waals surface area contributed by atoms with Gasteiger partial charge in [-0.25, -0.2) is 8.42 Å². The molecule has 0 spiro atoms. The van der Waals surface area contributed by atoms with Crippen LogP contribution in [0.2, 0.25) is 0 Å². The molecule has 2 aromatic carbocycles. The van der Waals surface area contributed by atoms with Crippen LogP contribution >= 0.6 is 0 Å². The van der Waals surface area contributed by atoms with Crippen LogP contribution in [0.4, 0.5) is 5.69 Å². The van der Waals surface area contributed by atoms with E-state index in [0.717, 1.165) is 5.56 Å². The number of sulfonamides is 1. The molecule has 0 aromatic heterocycles. The number of rotatable bonds is 8. The lowest BCUT2D eigenvalue weighted by atomic mass is 9.97. The van der Waals surface area contributed by atoms with E-state index < -0.39 is 10.0 Å². The Hall–Kier alpha value is -3.07. The Morgan fingerprint density at radius 2 is 1.66 bits per heavy atom. The SMILES string of the molecule is CCOC(=O)C1CCN(C(=O)COc2ccc(S(=O)(=O)Nc3ccc(C)cc3)cc2)CC1. The van der Waals surface area contributed by atoms with Crippen molar-refractivity contribution in [2.45, 2.75) is 31.6 Å². The standard InChI is InChI=1S/C23H28N2O6S/c1-3-30-23(27)18-12-14-25(15-13-18)22(26)16-31-20-8-10-21(11-9-20)32(28,29)24-19-6-4-17(2)5-7-19/h4-11,18,24H,3,12-16H2,1-2H3. The van der Waals surface area contributed by atoms with E-state index in [1.54, 1.807) is 24.0 Å². The van der Waals surface area contributed by atoms with Gasteiger partial charge in [0.25, 0.3) is 15.9 Å². The highest BCUT2D eigenvalue weighted by molar-refractivity contribution is 7.92. The fraction of sp³-hybridized carbons (Fsp3) is 0.391. The number of carbonyl (C=O) groups is 2. The number of nitrogens with zero attached hydrogens (tertiary/aromatic N) is 1. The number of anilines is 1. The minimum atomic E-state index is -3.73. The summed E-state index contributed by atoms with van der Waals surface area (Å²) >= 11 is 0. The predicted octanol–water partition coefficient (Wildman–Crippen LogP) is 2.98.